The van der Waals surface area contributed by atoms with Crippen molar-refractivity contribution < 1.29 is 9.47 Å². The average Bonchev–Trinajstić information content (AvgIpc) is 2.70. The second-order valence-electron chi connectivity index (χ2n) is 7.64. The highest BCUT2D eigenvalue weighted by atomic mass is 35.5. The van der Waals surface area contributed by atoms with Crippen molar-refractivity contribution in [2.45, 2.75) is 44.1 Å². The molecule has 1 unspecified atom stereocenters. The van der Waals surface area contributed by atoms with Crippen LogP contribution >= 0.6 is 12.4 Å². The Morgan fingerprint density at radius 1 is 0.963 bits per heavy atom. The van der Waals surface area contributed by atoms with Gasteiger partial charge in [0.05, 0.1) is 7.11 Å². The molecule has 0 saturated carbocycles. The number of fused-ring (bicyclic) bond motifs is 1. The Morgan fingerprint density at radius 3 is 2.63 bits per heavy atom. The molecular weight excluding hydrogens is 358 g/mol. The summed E-state index contributed by atoms with van der Waals surface area (Å²) in [5.74, 6) is 1.95. The largest absolute Gasteiger partial charge is 0.497 e. The number of benzene rings is 2. The van der Waals surface area contributed by atoms with E-state index in [1.165, 1.54) is 43.4 Å². The predicted octanol–water partition coefficient (Wildman–Crippen LogP) is 4.91. The van der Waals surface area contributed by atoms with Crippen LogP contribution in [0.1, 0.15) is 36.8 Å². The van der Waals surface area contributed by atoms with Crippen molar-refractivity contribution >= 4 is 12.4 Å². The van der Waals surface area contributed by atoms with Crippen LogP contribution < -0.4 is 9.47 Å². The fourth-order valence-electron chi connectivity index (χ4n) is 4.72. The maximum Gasteiger partial charge on any atom is 0.119 e. The van der Waals surface area contributed by atoms with Crippen LogP contribution in [0, 0.1) is 0 Å². The smallest absolute Gasteiger partial charge is 0.119 e. The number of hydrogen-bond donors (Lipinski definition) is 0. The molecule has 0 radical (unpaired) electrons. The Hall–Kier alpha value is -1.71. The van der Waals surface area contributed by atoms with Crippen molar-refractivity contribution in [1.29, 1.82) is 0 Å². The topological polar surface area (TPSA) is 21.7 Å². The minimum atomic E-state index is 0. The van der Waals surface area contributed by atoms with Gasteiger partial charge in [0.2, 0.25) is 0 Å². The number of nitrogens with zero attached hydrogens (tertiary/aromatic N) is 1. The zero-order chi connectivity index (χ0) is 17.8. The van der Waals surface area contributed by atoms with E-state index in [1.54, 1.807) is 7.11 Å². The molecule has 146 valence electrons. The molecule has 3 nitrogen and oxygen atoms in total. The number of ether oxygens (including phenoxy) is 2. The van der Waals surface area contributed by atoms with Crippen LogP contribution in [0.15, 0.2) is 48.5 Å². The first kappa shape index (κ1) is 20.0. The van der Waals surface area contributed by atoms with E-state index in [2.05, 4.69) is 23.1 Å². The van der Waals surface area contributed by atoms with Gasteiger partial charge >= 0.3 is 0 Å². The molecular formula is C23H30ClNO2. The van der Waals surface area contributed by atoms with Crippen LogP contribution in [0.4, 0.5) is 0 Å². The summed E-state index contributed by atoms with van der Waals surface area (Å²) in [5, 5.41) is 0. The summed E-state index contributed by atoms with van der Waals surface area (Å²) in [6, 6.07) is 16.8. The molecule has 2 aliphatic rings. The van der Waals surface area contributed by atoms with Gasteiger partial charge in [-0.1, -0.05) is 30.7 Å². The molecule has 0 aromatic heterocycles. The van der Waals surface area contributed by atoms with E-state index in [1.807, 2.05) is 30.3 Å². The number of aryl methyl sites for hydroxylation is 1. The molecule has 4 heteroatoms. The number of rotatable bonds is 5. The summed E-state index contributed by atoms with van der Waals surface area (Å²) in [6.45, 7) is 2.98. The second-order valence-corrected chi connectivity index (χ2v) is 7.64. The van der Waals surface area contributed by atoms with Crippen LogP contribution in [-0.4, -0.2) is 37.2 Å². The molecule has 0 bridgehead atoms. The fourth-order valence-corrected chi connectivity index (χ4v) is 4.72. The number of likely N-dealkylation sites (tertiary alicyclic amines) is 1. The van der Waals surface area contributed by atoms with Crippen LogP contribution in [-0.2, 0) is 12.8 Å². The minimum absolute atomic E-state index is 0. The second kappa shape index (κ2) is 8.99. The highest BCUT2D eigenvalue weighted by Crippen LogP contribution is 2.40. The van der Waals surface area contributed by atoms with Crippen LogP contribution in [0.2, 0.25) is 0 Å². The van der Waals surface area contributed by atoms with Gasteiger partial charge in [-0.05, 0) is 74.0 Å². The van der Waals surface area contributed by atoms with Crippen molar-refractivity contribution in [2.75, 3.05) is 26.8 Å². The van der Waals surface area contributed by atoms with Crippen LogP contribution in [0.3, 0.4) is 0 Å². The molecule has 2 aromatic carbocycles. The Kier molecular flexibility index (Phi) is 6.67. The predicted molar refractivity (Wildman–Crippen MR) is 112 cm³/mol. The summed E-state index contributed by atoms with van der Waals surface area (Å²) in [7, 11) is 1.75. The van der Waals surface area contributed by atoms with E-state index in [-0.39, 0.29) is 12.4 Å². The van der Waals surface area contributed by atoms with Crippen molar-refractivity contribution in [3.63, 3.8) is 0 Å². The van der Waals surface area contributed by atoms with Gasteiger partial charge in [0.15, 0.2) is 0 Å². The van der Waals surface area contributed by atoms with Gasteiger partial charge in [0.1, 0.15) is 18.1 Å². The molecule has 1 heterocycles. The monoisotopic (exact) mass is 387 g/mol. The van der Waals surface area contributed by atoms with Crippen molar-refractivity contribution in [3.8, 4) is 11.5 Å². The van der Waals surface area contributed by atoms with Gasteiger partial charge in [-0.15, -0.1) is 12.4 Å². The lowest BCUT2D eigenvalue weighted by atomic mass is 9.72. The Bertz CT molecular complexity index is 736. The van der Waals surface area contributed by atoms with E-state index >= 15 is 0 Å². The van der Waals surface area contributed by atoms with Crippen LogP contribution in [0.5, 0.6) is 11.5 Å². The number of para-hydroxylation sites is 1. The zero-order valence-electron chi connectivity index (χ0n) is 16.2. The van der Waals surface area contributed by atoms with E-state index in [9.17, 15) is 0 Å². The Balaban J connectivity index is 0.00000210. The summed E-state index contributed by atoms with van der Waals surface area (Å²) in [4.78, 5) is 2.71. The molecule has 27 heavy (non-hydrogen) atoms. The Labute approximate surface area is 169 Å². The average molecular weight is 388 g/mol. The molecule has 4 rings (SSSR count). The standard InChI is InChI=1S/C23H29NO2.ClH/c1-25-22-10-9-20-18-23(13-11-19(20)17-22)12-5-6-14-24(23)15-16-26-21-7-3-2-4-8-21;/h2-4,7-10,17H,5-6,11-16,18H2,1H3;1H. The van der Waals surface area contributed by atoms with Crippen molar-refractivity contribution in [2.24, 2.45) is 0 Å². The number of halogens is 1. The van der Waals surface area contributed by atoms with Gasteiger partial charge in [0.25, 0.3) is 0 Å². The molecule has 1 aliphatic heterocycles. The number of hydrogen-bond acceptors (Lipinski definition) is 3. The lowest BCUT2D eigenvalue weighted by Gasteiger charge is -2.50. The van der Waals surface area contributed by atoms with Gasteiger partial charge in [-0.3, -0.25) is 4.90 Å². The minimum Gasteiger partial charge on any atom is -0.497 e. The SMILES string of the molecule is COc1ccc2c(c1)CCC1(CCCCN1CCOc1ccccc1)C2.Cl. The summed E-state index contributed by atoms with van der Waals surface area (Å²) >= 11 is 0. The Morgan fingerprint density at radius 2 is 1.81 bits per heavy atom. The molecule has 2 aromatic rings. The van der Waals surface area contributed by atoms with Crippen molar-refractivity contribution in [3.05, 3.63) is 59.7 Å². The molecule has 0 N–H and O–H groups in total. The fraction of sp³-hybridized carbons (Fsp3) is 0.478. The highest BCUT2D eigenvalue weighted by molar-refractivity contribution is 5.85. The highest BCUT2D eigenvalue weighted by Gasteiger charge is 2.41. The first-order chi connectivity index (χ1) is 12.8. The lowest BCUT2D eigenvalue weighted by molar-refractivity contribution is 0.0236. The molecule has 1 saturated heterocycles. The zero-order valence-corrected chi connectivity index (χ0v) is 17.0. The maximum absolute atomic E-state index is 5.98. The maximum atomic E-state index is 5.98. The molecule has 1 spiro atoms. The van der Waals surface area contributed by atoms with Gasteiger partial charge < -0.3 is 9.47 Å². The van der Waals surface area contributed by atoms with Crippen LogP contribution in [0.25, 0.3) is 0 Å². The summed E-state index contributed by atoms with van der Waals surface area (Å²) < 4.78 is 11.4. The lowest BCUT2D eigenvalue weighted by Crippen LogP contribution is -2.56. The first-order valence-electron chi connectivity index (χ1n) is 9.88. The van der Waals surface area contributed by atoms with Gasteiger partial charge in [-0.25, -0.2) is 0 Å². The molecule has 0 amide bonds. The van der Waals surface area contributed by atoms with E-state index < -0.39 is 0 Å². The third-order valence-corrected chi connectivity index (χ3v) is 6.16. The normalized spacial score (nSPS) is 22.0. The molecule has 1 aliphatic carbocycles. The summed E-state index contributed by atoms with van der Waals surface area (Å²) in [5.41, 5.74) is 3.30. The molecule has 1 atom stereocenters. The van der Waals surface area contributed by atoms with E-state index in [4.69, 9.17) is 9.47 Å². The number of piperidine rings is 1. The third kappa shape index (κ3) is 4.41. The molecule has 1 fully saturated rings. The van der Waals surface area contributed by atoms with E-state index in [0.717, 1.165) is 37.5 Å². The first-order valence-corrected chi connectivity index (χ1v) is 9.88. The van der Waals surface area contributed by atoms with E-state index in [0.29, 0.717) is 5.54 Å². The summed E-state index contributed by atoms with van der Waals surface area (Å²) in [6.07, 6.45) is 7.53. The quantitative estimate of drug-likeness (QED) is 0.727. The van der Waals surface area contributed by atoms with Gasteiger partial charge in [-0.2, -0.15) is 0 Å². The van der Waals surface area contributed by atoms with Crippen molar-refractivity contribution in [1.82, 2.24) is 4.90 Å². The third-order valence-electron chi connectivity index (χ3n) is 6.16. The van der Waals surface area contributed by atoms with Gasteiger partial charge in [0, 0.05) is 12.1 Å². The number of methoxy groups -OCH3 is 1.